The number of hydrogen-bond donors (Lipinski definition) is 1. The fraction of sp³-hybridized carbons (Fsp3) is 0.120. The zero-order valence-corrected chi connectivity index (χ0v) is 19.2. The molecular formula is C25H20ClFN4OS. The van der Waals surface area contributed by atoms with E-state index >= 15 is 0 Å². The Morgan fingerprint density at radius 2 is 1.82 bits per heavy atom. The second-order valence-corrected chi connectivity index (χ2v) is 8.39. The second-order valence-electron chi connectivity index (χ2n) is 7.60. The SMILES string of the molecule is COc1ccc(N2C(=S)N[C@H](c3ccccn3)[C@@H]2c2cccn2-c2ccc(F)c(Cl)c2)cc1. The van der Waals surface area contributed by atoms with Crippen LogP contribution in [0.3, 0.4) is 0 Å². The average Bonchev–Trinajstić information content (AvgIpc) is 3.46. The van der Waals surface area contributed by atoms with Crippen molar-refractivity contribution in [2.45, 2.75) is 12.1 Å². The van der Waals surface area contributed by atoms with E-state index in [1.807, 2.05) is 65.4 Å². The molecule has 1 fully saturated rings. The van der Waals surface area contributed by atoms with E-state index in [0.29, 0.717) is 5.11 Å². The first kappa shape index (κ1) is 21.4. The number of methoxy groups -OCH3 is 1. The zero-order valence-electron chi connectivity index (χ0n) is 17.7. The molecule has 0 bridgehead atoms. The molecule has 5 rings (SSSR count). The Hall–Kier alpha value is -3.42. The molecule has 1 N–H and O–H groups in total. The molecule has 0 radical (unpaired) electrons. The van der Waals surface area contributed by atoms with Gasteiger partial charge in [-0.2, -0.15) is 0 Å². The number of benzene rings is 2. The van der Waals surface area contributed by atoms with E-state index in [0.717, 1.165) is 28.5 Å². The topological polar surface area (TPSA) is 42.3 Å². The van der Waals surface area contributed by atoms with Crippen LogP contribution >= 0.6 is 23.8 Å². The smallest absolute Gasteiger partial charge is 0.174 e. The fourth-order valence-corrected chi connectivity index (χ4v) is 4.70. The maximum Gasteiger partial charge on any atom is 0.174 e. The number of ether oxygens (including phenoxy) is 1. The lowest BCUT2D eigenvalue weighted by Crippen LogP contribution is -2.30. The molecule has 1 aliphatic heterocycles. The van der Waals surface area contributed by atoms with Gasteiger partial charge >= 0.3 is 0 Å². The minimum absolute atomic E-state index is 0.0699. The molecule has 0 saturated carbocycles. The molecule has 2 aromatic heterocycles. The van der Waals surface area contributed by atoms with E-state index in [1.165, 1.54) is 6.07 Å². The minimum atomic E-state index is -0.455. The Kier molecular flexibility index (Phi) is 5.74. The van der Waals surface area contributed by atoms with E-state index < -0.39 is 5.82 Å². The fourth-order valence-electron chi connectivity index (χ4n) is 4.18. The standard InChI is InChI=1S/C25H20ClFN4OS/c1-32-18-10-7-16(8-11-18)31-24(23(29-25(31)33)21-5-2-3-13-28-21)22-6-4-14-30(22)17-9-12-20(27)19(26)15-17/h2-15,23-24H,1H3,(H,29,33)/t23-,24+/m1/s1. The summed E-state index contributed by atoms with van der Waals surface area (Å²) in [5.41, 5.74) is 3.50. The Morgan fingerprint density at radius 1 is 1.03 bits per heavy atom. The van der Waals surface area contributed by atoms with Crippen LogP contribution in [0, 0.1) is 5.82 Å². The van der Waals surface area contributed by atoms with Crippen LogP contribution < -0.4 is 15.0 Å². The molecule has 166 valence electrons. The molecule has 0 unspecified atom stereocenters. The monoisotopic (exact) mass is 478 g/mol. The largest absolute Gasteiger partial charge is 0.497 e. The molecule has 4 aromatic rings. The second kappa shape index (κ2) is 8.84. The highest BCUT2D eigenvalue weighted by atomic mass is 35.5. The third-order valence-electron chi connectivity index (χ3n) is 5.71. The van der Waals surface area contributed by atoms with Gasteiger partial charge in [0.2, 0.25) is 0 Å². The van der Waals surface area contributed by atoms with Crippen molar-refractivity contribution in [2.24, 2.45) is 0 Å². The Balaban J connectivity index is 1.65. The van der Waals surface area contributed by atoms with E-state index in [1.54, 1.807) is 25.4 Å². The van der Waals surface area contributed by atoms with E-state index in [4.69, 9.17) is 28.6 Å². The van der Waals surface area contributed by atoms with E-state index in [2.05, 4.69) is 15.2 Å². The first-order chi connectivity index (χ1) is 16.1. The summed E-state index contributed by atoms with van der Waals surface area (Å²) in [7, 11) is 1.64. The molecule has 2 aromatic carbocycles. The third kappa shape index (κ3) is 3.94. The summed E-state index contributed by atoms with van der Waals surface area (Å²) in [6, 6.07) is 21.8. The van der Waals surface area contributed by atoms with Crippen LogP contribution in [-0.4, -0.2) is 21.8 Å². The number of rotatable bonds is 5. The summed E-state index contributed by atoms with van der Waals surface area (Å²) >= 11 is 11.9. The van der Waals surface area contributed by atoms with Gasteiger partial charge in [-0.15, -0.1) is 0 Å². The highest BCUT2D eigenvalue weighted by molar-refractivity contribution is 7.80. The van der Waals surface area contributed by atoms with Gasteiger partial charge in [-0.25, -0.2) is 4.39 Å². The molecule has 3 heterocycles. The summed E-state index contributed by atoms with van der Waals surface area (Å²) in [5.74, 6) is 0.308. The number of pyridine rings is 1. The number of nitrogens with one attached hydrogen (secondary N) is 1. The molecule has 0 spiro atoms. The van der Waals surface area contributed by atoms with Crippen molar-refractivity contribution in [2.75, 3.05) is 12.0 Å². The lowest BCUT2D eigenvalue weighted by atomic mass is 10.0. The molecule has 5 nitrogen and oxygen atoms in total. The lowest BCUT2D eigenvalue weighted by Gasteiger charge is -2.29. The van der Waals surface area contributed by atoms with Gasteiger partial charge in [0.25, 0.3) is 0 Å². The first-order valence-corrected chi connectivity index (χ1v) is 11.1. The highest BCUT2D eigenvalue weighted by Crippen LogP contribution is 2.42. The highest BCUT2D eigenvalue weighted by Gasteiger charge is 2.42. The van der Waals surface area contributed by atoms with Crippen LogP contribution in [0.2, 0.25) is 5.02 Å². The summed E-state index contributed by atoms with van der Waals surface area (Å²) in [6.07, 6.45) is 3.70. The number of nitrogens with zero attached hydrogens (tertiary/aromatic N) is 3. The molecule has 33 heavy (non-hydrogen) atoms. The molecule has 0 amide bonds. The number of aromatic nitrogens is 2. The Morgan fingerprint density at radius 3 is 2.52 bits per heavy atom. The maximum atomic E-state index is 13.8. The van der Waals surface area contributed by atoms with Crippen LogP contribution in [0.1, 0.15) is 23.5 Å². The van der Waals surface area contributed by atoms with Crippen LogP contribution in [-0.2, 0) is 0 Å². The molecular weight excluding hydrogens is 459 g/mol. The van der Waals surface area contributed by atoms with Gasteiger partial charge in [0.15, 0.2) is 5.11 Å². The molecule has 2 atom stereocenters. The molecule has 1 aliphatic rings. The van der Waals surface area contributed by atoms with Gasteiger partial charge < -0.3 is 19.5 Å². The third-order valence-corrected chi connectivity index (χ3v) is 6.32. The van der Waals surface area contributed by atoms with Crippen LogP contribution in [0.15, 0.2) is 85.2 Å². The van der Waals surface area contributed by atoms with Gasteiger partial charge in [-0.3, -0.25) is 4.98 Å². The summed E-state index contributed by atoms with van der Waals surface area (Å²) < 4.78 is 21.1. The summed E-state index contributed by atoms with van der Waals surface area (Å²) in [6.45, 7) is 0. The van der Waals surface area contributed by atoms with Crippen molar-refractivity contribution in [1.29, 1.82) is 0 Å². The Labute approximate surface area is 201 Å². The van der Waals surface area contributed by atoms with Crippen LogP contribution in [0.4, 0.5) is 10.1 Å². The predicted molar refractivity (Wildman–Crippen MR) is 132 cm³/mol. The summed E-state index contributed by atoms with van der Waals surface area (Å²) in [5, 5.41) is 4.11. The molecule has 0 aliphatic carbocycles. The van der Waals surface area contributed by atoms with Gasteiger partial charge in [0.05, 0.1) is 23.9 Å². The first-order valence-electron chi connectivity index (χ1n) is 10.3. The van der Waals surface area contributed by atoms with Gasteiger partial charge in [0.1, 0.15) is 17.6 Å². The maximum absolute atomic E-state index is 13.8. The van der Waals surface area contributed by atoms with Crippen molar-refractivity contribution in [3.63, 3.8) is 0 Å². The zero-order chi connectivity index (χ0) is 22.9. The van der Waals surface area contributed by atoms with Crippen molar-refractivity contribution in [3.05, 3.63) is 107 Å². The van der Waals surface area contributed by atoms with Crippen molar-refractivity contribution < 1.29 is 9.13 Å². The molecule has 8 heteroatoms. The van der Waals surface area contributed by atoms with E-state index in [-0.39, 0.29) is 17.1 Å². The van der Waals surface area contributed by atoms with Crippen molar-refractivity contribution >= 4 is 34.6 Å². The van der Waals surface area contributed by atoms with Crippen molar-refractivity contribution in [3.8, 4) is 11.4 Å². The summed E-state index contributed by atoms with van der Waals surface area (Å²) in [4.78, 5) is 6.66. The van der Waals surface area contributed by atoms with Crippen molar-refractivity contribution in [1.82, 2.24) is 14.9 Å². The van der Waals surface area contributed by atoms with Gasteiger partial charge in [0, 0.05) is 29.5 Å². The number of hydrogen-bond acceptors (Lipinski definition) is 3. The van der Waals surface area contributed by atoms with Crippen LogP contribution in [0.5, 0.6) is 5.75 Å². The van der Waals surface area contributed by atoms with Crippen LogP contribution in [0.25, 0.3) is 5.69 Å². The minimum Gasteiger partial charge on any atom is -0.497 e. The quantitative estimate of drug-likeness (QED) is 0.364. The lowest BCUT2D eigenvalue weighted by molar-refractivity contribution is 0.415. The average molecular weight is 479 g/mol. The van der Waals surface area contributed by atoms with Gasteiger partial charge in [-0.1, -0.05) is 17.7 Å². The van der Waals surface area contributed by atoms with E-state index in [9.17, 15) is 4.39 Å². The number of halogens is 2. The Bertz CT molecular complexity index is 1300. The number of thiocarbonyl (C=S) groups is 1. The number of anilines is 1. The molecule has 1 saturated heterocycles. The predicted octanol–water partition coefficient (Wildman–Crippen LogP) is 5.85. The normalized spacial score (nSPS) is 17.8. The van der Waals surface area contributed by atoms with Gasteiger partial charge in [-0.05, 0) is 78.9 Å².